The van der Waals surface area contributed by atoms with Crippen LogP contribution >= 0.6 is 0 Å². The molecule has 94 valence electrons. The first-order valence-electron chi connectivity index (χ1n) is 5.19. The highest BCUT2D eigenvalue weighted by molar-refractivity contribution is 5.86. The molecule has 0 bridgehead atoms. The molecule has 1 aromatic carbocycles. The highest BCUT2D eigenvalue weighted by atomic mass is 19.1. The Labute approximate surface area is 99.4 Å². The van der Waals surface area contributed by atoms with Crippen molar-refractivity contribution in [2.24, 2.45) is 0 Å². The number of carbonyl (C=O) groups excluding carboxylic acids is 1. The van der Waals surface area contributed by atoms with Crippen molar-refractivity contribution < 1.29 is 13.6 Å². The Morgan fingerprint density at radius 1 is 1.29 bits per heavy atom. The molecule has 0 aliphatic rings. The van der Waals surface area contributed by atoms with Gasteiger partial charge in [-0.05, 0) is 19.9 Å². The van der Waals surface area contributed by atoms with Crippen LogP contribution in [0.5, 0.6) is 0 Å². The van der Waals surface area contributed by atoms with Crippen LogP contribution in [0.4, 0.5) is 8.78 Å². The Morgan fingerprint density at radius 2 is 1.88 bits per heavy atom. The lowest BCUT2D eigenvalue weighted by molar-refractivity contribution is -0.129. The number of hydrogen-bond donors (Lipinski definition) is 1. The highest BCUT2D eigenvalue weighted by Gasteiger charge is 2.32. The molecule has 1 aromatic rings. The molecule has 5 heteroatoms. The summed E-state index contributed by atoms with van der Waals surface area (Å²) in [7, 11) is 3.32. The normalized spacial score (nSPS) is 11.7. The predicted octanol–water partition coefficient (Wildman–Crippen LogP) is 1.84. The van der Waals surface area contributed by atoms with Gasteiger partial charge >= 0.3 is 0 Å². The topological polar surface area (TPSA) is 32.3 Å². The number of halogens is 2. The van der Waals surface area contributed by atoms with Gasteiger partial charge in [0, 0.05) is 25.7 Å². The van der Waals surface area contributed by atoms with Gasteiger partial charge in [-0.1, -0.05) is 6.07 Å². The molecule has 0 atom stereocenters. The van der Waals surface area contributed by atoms with E-state index in [1.54, 1.807) is 27.9 Å². The lowest BCUT2D eigenvalue weighted by atomic mass is 9.83. The summed E-state index contributed by atoms with van der Waals surface area (Å²) in [6.45, 7) is 3.17. The van der Waals surface area contributed by atoms with Crippen LogP contribution in [0, 0.1) is 11.6 Å². The molecule has 0 aromatic heterocycles. The summed E-state index contributed by atoms with van der Waals surface area (Å²) in [5, 5.41) is 1.48. The number of amides is 1. The van der Waals surface area contributed by atoms with E-state index < -0.39 is 17.0 Å². The number of hydrazine groups is 1. The molecular weight excluding hydrogens is 226 g/mol. The molecule has 0 unspecified atom stereocenters. The Kier molecular flexibility index (Phi) is 3.83. The second-order valence-electron chi connectivity index (χ2n) is 4.58. The number of nitrogens with one attached hydrogen (secondary N) is 1. The fraction of sp³-hybridized carbons (Fsp3) is 0.417. The van der Waals surface area contributed by atoms with E-state index in [0.29, 0.717) is 0 Å². The molecule has 0 aliphatic heterocycles. The molecule has 1 rings (SSSR count). The quantitative estimate of drug-likeness (QED) is 0.820. The lowest BCUT2D eigenvalue weighted by Crippen LogP contribution is -2.46. The fourth-order valence-electron chi connectivity index (χ4n) is 1.46. The summed E-state index contributed by atoms with van der Waals surface area (Å²) in [6, 6.07) is 3.21. The molecule has 17 heavy (non-hydrogen) atoms. The smallest absolute Gasteiger partial charge is 0.244 e. The zero-order valence-electron chi connectivity index (χ0n) is 10.3. The molecule has 0 spiro atoms. The third-order valence-corrected chi connectivity index (χ3v) is 2.50. The average Bonchev–Trinajstić information content (AvgIpc) is 2.15. The monoisotopic (exact) mass is 242 g/mol. The highest BCUT2D eigenvalue weighted by Crippen LogP contribution is 2.26. The minimum atomic E-state index is -1.07. The summed E-state index contributed by atoms with van der Waals surface area (Å²) >= 11 is 0. The lowest BCUT2D eigenvalue weighted by Gasteiger charge is -2.26. The Bertz CT molecular complexity index is 431. The van der Waals surface area contributed by atoms with Crippen molar-refractivity contribution in [2.45, 2.75) is 19.3 Å². The number of rotatable bonds is 3. The van der Waals surface area contributed by atoms with Crippen LogP contribution in [0.1, 0.15) is 19.4 Å². The van der Waals surface area contributed by atoms with E-state index in [1.165, 1.54) is 11.1 Å². The Balaban J connectivity index is 3.08. The van der Waals surface area contributed by atoms with Gasteiger partial charge in [0.15, 0.2) is 0 Å². The number of hydrogen-bond acceptors (Lipinski definition) is 2. The molecule has 1 amide bonds. The van der Waals surface area contributed by atoms with Gasteiger partial charge in [0.1, 0.15) is 11.6 Å². The van der Waals surface area contributed by atoms with Crippen LogP contribution < -0.4 is 5.43 Å². The fourth-order valence-corrected chi connectivity index (χ4v) is 1.46. The summed E-state index contributed by atoms with van der Waals surface area (Å²) in [6.07, 6.45) is 0. The summed E-state index contributed by atoms with van der Waals surface area (Å²) in [4.78, 5) is 11.9. The SMILES string of the molecule is CN(C)NC(=O)C(C)(C)c1ccc(F)cc1F. The Morgan fingerprint density at radius 3 is 2.35 bits per heavy atom. The van der Waals surface area contributed by atoms with Crippen LogP contribution in [0.15, 0.2) is 18.2 Å². The second-order valence-corrected chi connectivity index (χ2v) is 4.58. The van der Waals surface area contributed by atoms with E-state index in [-0.39, 0.29) is 11.5 Å². The van der Waals surface area contributed by atoms with E-state index >= 15 is 0 Å². The van der Waals surface area contributed by atoms with Crippen LogP contribution in [0.2, 0.25) is 0 Å². The van der Waals surface area contributed by atoms with Crippen molar-refractivity contribution in [3.8, 4) is 0 Å². The number of carbonyl (C=O) groups is 1. The van der Waals surface area contributed by atoms with Crippen molar-refractivity contribution >= 4 is 5.91 Å². The summed E-state index contributed by atoms with van der Waals surface area (Å²) < 4.78 is 26.4. The van der Waals surface area contributed by atoms with Crippen molar-refractivity contribution in [3.63, 3.8) is 0 Å². The van der Waals surface area contributed by atoms with Crippen molar-refractivity contribution in [1.29, 1.82) is 0 Å². The van der Waals surface area contributed by atoms with Gasteiger partial charge < -0.3 is 0 Å². The first-order valence-corrected chi connectivity index (χ1v) is 5.19. The van der Waals surface area contributed by atoms with Crippen LogP contribution in [-0.2, 0) is 10.2 Å². The van der Waals surface area contributed by atoms with Crippen molar-refractivity contribution in [3.05, 3.63) is 35.4 Å². The van der Waals surface area contributed by atoms with E-state index in [4.69, 9.17) is 0 Å². The maximum atomic E-state index is 13.6. The predicted molar refractivity (Wildman–Crippen MR) is 61.2 cm³/mol. The third-order valence-electron chi connectivity index (χ3n) is 2.50. The van der Waals surface area contributed by atoms with Crippen molar-refractivity contribution in [2.75, 3.05) is 14.1 Å². The van der Waals surface area contributed by atoms with Crippen LogP contribution in [0.3, 0.4) is 0 Å². The molecule has 0 radical (unpaired) electrons. The van der Waals surface area contributed by atoms with Gasteiger partial charge in [0.2, 0.25) is 5.91 Å². The first kappa shape index (κ1) is 13.6. The number of benzene rings is 1. The zero-order valence-corrected chi connectivity index (χ0v) is 10.3. The minimum Gasteiger partial charge on any atom is -0.289 e. The molecule has 3 nitrogen and oxygen atoms in total. The Hall–Kier alpha value is -1.49. The van der Waals surface area contributed by atoms with Gasteiger partial charge in [-0.15, -0.1) is 0 Å². The van der Waals surface area contributed by atoms with Gasteiger partial charge in [0.25, 0.3) is 0 Å². The van der Waals surface area contributed by atoms with E-state index in [9.17, 15) is 13.6 Å². The zero-order chi connectivity index (χ0) is 13.2. The first-order chi connectivity index (χ1) is 7.75. The summed E-state index contributed by atoms with van der Waals surface area (Å²) in [5.41, 5.74) is 1.65. The van der Waals surface area contributed by atoms with Crippen molar-refractivity contribution in [1.82, 2.24) is 10.4 Å². The molecule has 0 saturated heterocycles. The maximum Gasteiger partial charge on any atom is 0.244 e. The largest absolute Gasteiger partial charge is 0.289 e. The average molecular weight is 242 g/mol. The molecule has 0 saturated carbocycles. The van der Waals surface area contributed by atoms with Gasteiger partial charge in [0.05, 0.1) is 5.41 Å². The van der Waals surface area contributed by atoms with Gasteiger partial charge in [-0.3, -0.25) is 10.2 Å². The molecule has 1 N–H and O–H groups in total. The maximum absolute atomic E-state index is 13.6. The molecular formula is C12H16F2N2O. The standard InChI is InChI=1S/C12H16F2N2O/c1-12(2,11(17)15-16(3)4)9-6-5-8(13)7-10(9)14/h5-7H,1-4H3,(H,15,17). The van der Waals surface area contributed by atoms with Gasteiger partial charge in [-0.25, -0.2) is 13.8 Å². The van der Waals surface area contributed by atoms with E-state index in [2.05, 4.69) is 5.43 Å². The van der Waals surface area contributed by atoms with Gasteiger partial charge in [-0.2, -0.15) is 0 Å². The molecule has 0 heterocycles. The van der Waals surface area contributed by atoms with E-state index in [0.717, 1.165) is 12.1 Å². The number of nitrogens with zero attached hydrogens (tertiary/aromatic N) is 1. The molecule has 0 aliphatic carbocycles. The minimum absolute atomic E-state index is 0.165. The van der Waals surface area contributed by atoms with E-state index in [1.807, 2.05) is 0 Å². The third kappa shape index (κ3) is 3.00. The molecule has 0 fully saturated rings. The van der Waals surface area contributed by atoms with Crippen LogP contribution in [-0.4, -0.2) is 25.0 Å². The summed E-state index contributed by atoms with van der Waals surface area (Å²) in [5.74, 6) is -1.73. The second kappa shape index (κ2) is 4.79. The van der Waals surface area contributed by atoms with Crippen LogP contribution in [0.25, 0.3) is 0 Å².